The van der Waals surface area contributed by atoms with Gasteiger partial charge in [-0.05, 0) is 32.9 Å². The van der Waals surface area contributed by atoms with Crippen LogP contribution in [-0.4, -0.2) is 51.8 Å². The Hall–Kier alpha value is -1.44. The number of carboxylic acids is 2. The standard InChI is InChI=1S/C12H22N2O5S/c1-12(2,20-3)7-13-11(19)14-8(10(17)18)5-4-6-9(15)16/h8H,4-7H2,1-3H3,(H,15,16)(H,17,18)(H2,13,14,19)/t8-/m1/s1. The summed E-state index contributed by atoms with van der Waals surface area (Å²) >= 11 is 1.59. The van der Waals surface area contributed by atoms with Crippen molar-refractivity contribution in [3.8, 4) is 0 Å². The Balaban J connectivity index is 4.21. The Bertz CT molecular complexity index is 360. The molecule has 2 amide bonds. The predicted molar refractivity (Wildman–Crippen MR) is 77.0 cm³/mol. The van der Waals surface area contributed by atoms with Crippen LogP contribution in [-0.2, 0) is 9.59 Å². The van der Waals surface area contributed by atoms with Gasteiger partial charge in [-0.1, -0.05) is 0 Å². The molecule has 0 aromatic heterocycles. The molecule has 0 saturated heterocycles. The number of thioether (sulfide) groups is 1. The van der Waals surface area contributed by atoms with Gasteiger partial charge < -0.3 is 20.8 Å². The van der Waals surface area contributed by atoms with Crippen LogP contribution < -0.4 is 10.6 Å². The molecule has 8 heteroatoms. The Morgan fingerprint density at radius 3 is 2.30 bits per heavy atom. The highest BCUT2D eigenvalue weighted by Crippen LogP contribution is 2.19. The molecule has 20 heavy (non-hydrogen) atoms. The molecule has 0 fully saturated rings. The van der Waals surface area contributed by atoms with E-state index >= 15 is 0 Å². The van der Waals surface area contributed by atoms with Gasteiger partial charge in [0.25, 0.3) is 0 Å². The van der Waals surface area contributed by atoms with E-state index in [9.17, 15) is 14.4 Å². The summed E-state index contributed by atoms with van der Waals surface area (Å²) in [5, 5.41) is 22.4. The summed E-state index contributed by atoms with van der Waals surface area (Å²) < 4.78 is -0.140. The minimum atomic E-state index is -1.17. The maximum atomic E-state index is 11.6. The van der Waals surface area contributed by atoms with Crippen molar-refractivity contribution in [3.05, 3.63) is 0 Å². The molecule has 0 bridgehead atoms. The van der Waals surface area contributed by atoms with Crippen molar-refractivity contribution in [2.75, 3.05) is 12.8 Å². The number of carboxylic acid groups (broad SMARTS) is 2. The first-order valence-electron chi connectivity index (χ1n) is 6.22. The summed E-state index contributed by atoms with van der Waals surface area (Å²) in [6.07, 6.45) is 2.09. The maximum Gasteiger partial charge on any atom is 0.326 e. The number of hydrogen-bond acceptors (Lipinski definition) is 4. The molecular weight excluding hydrogens is 284 g/mol. The van der Waals surface area contributed by atoms with Crippen LogP contribution in [0.3, 0.4) is 0 Å². The van der Waals surface area contributed by atoms with Crippen LogP contribution in [0.1, 0.15) is 33.1 Å². The molecule has 0 saturated carbocycles. The summed E-state index contributed by atoms with van der Waals surface area (Å²) in [4.78, 5) is 32.9. The monoisotopic (exact) mass is 306 g/mol. The summed E-state index contributed by atoms with van der Waals surface area (Å²) in [5.74, 6) is -2.16. The van der Waals surface area contributed by atoms with Crippen LogP contribution in [0, 0.1) is 0 Å². The van der Waals surface area contributed by atoms with Crippen LogP contribution in [0.2, 0.25) is 0 Å². The van der Waals surface area contributed by atoms with Crippen molar-refractivity contribution in [1.82, 2.24) is 10.6 Å². The van der Waals surface area contributed by atoms with Crippen LogP contribution in [0.15, 0.2) is 0 Å². The quantitative estimate of drug-likeness (QED) is 0.507. The van der Waals surface area contributed by atoms with E-state index in [-0.39, 0.29) is 24.0 Å². The van der Waals surface area contributed by atoms with Crippen LogP contribution in [0.25, 0.3) is 0 Å². The van der Waals surface area contributed by atoms with Gasteiger partial charge in [-0.2, -0.15) is 11.8 Å². The lowest BCUT2D eigenvalue weighted by Crippen LogP contribution is -2.48. The summed E-state index contributed by atoms with van der Waals surface area (Å²) in [6.45, 7) is 4.32. The second kappa shape index (κ2) is 8.68. The molecule has 7 nitrogen and oxygen atoms in total. The predicted octanol–water partition coefficient (Wildman–Crippen LogP) is 1.14. The molecule has 116 valence electrons. The van der Waals surface area contributed by atoms with Gasteiger partial charge in [0.2, 0.25) is 0 Å². The minimum Gasteiger partial charge on any atom is -0.481 e. The molecule has 0 aliphatic carbocycles. The van der Waals surface area contributed by atoms with Crippen molar-refractivity contribution >= 4 is 29.7 Å². The maximum absolute atomic E-state index is 11.6. The molecule has 0 aliphatic heterocycles. The molecule has 1 atom stereocenters. The summed E-state index contributed by atoms with van der Waals surface area (Å²) in [6, 6.07) is -1.64. The molecule has 0 radical (unpaired) electrons. The van der Waals surface area contributed by atoms with E-state index in [2.05, 4.69) is 10.6 Å². The number of amides is 2. The van der Waals surface area contributed by atoms with E-state index < -0.39 is 24.0 Å². The van der Waals surface area contributed by atoms with Gasteiger partial charge in [0, 0.05) is 17.7 Å². The van der Waals surface area contributed by atoms with Crippen molar-refractivity contribution in [2.24, 2.45) is 0 Å². The average molecular weight is 306 g/mol. The first-order valence-corrected chi connectivity index (χ1v) is 7.44. The Morgan fingerprint density at radius 2 is 1.85 bits per heavy atom. The topological polar surface area (TPSA) is 116 Å². The fourth-order valence-electron chi connectivity index (χ4n) is 1.29. The van der Waals surface area contributed by atoms with Crippen molar-refractivity contribution in [2.45, 2.75) is 43.9 Å². The molecule has 0 rings (SSSR count). The molecule has 4 N–H and O–H groups in total. The third kappa shape index (κ3) is 8.63. The smallest absolute Gasteiger partial charge is 0.326 e. The molecule has 0 aliphatic rings. The molecule has 0 aromatic carbocycles. The molecule has 0 spiro atoms. The number of nitrogens with one attached hydrogen (secondary N) is 2. The number of rotatable bonds is 9. The first kappa shape index (κ1) is 18.6. The van der Waals surface area contributed by atoms with E-state index in [0.717, 1.165) is 0 Å². The highest BCUT2D eigenvalue weighted by molar-refractivity contribution is 7.99. The zero-order chi connectivity index (χ0) is 15.8. The molecule has 0 aromatic rings. The lowest BCUT2D eigenvalue weighted by molar-refractivity contribution is -0.140. The van der Waals surface area contributed by atoms with Crippen molar-refractivity contribution in [1.29, 1.82) is 0 Å². The van der Waals surface area contributed by atoms with E-state index in [4.69, 9.17) is 10.2 Å². The summed E-state index contributed by atoms with van der Waals surface area (Å²) in [7, 11) is 0. The van der Waals surface area contributed by atoms with Crippen LogP contribution in [0.5, 0.6) is 0 Å². The van der Waals surface area contributed by atoms with Crippen LogP contribution in [0.4, 0.5) is 4.79 Å². The Morgan fingerprint density at radius 1 is 1.25 bits per heavy atom. The second-order valence-corrected chi connectivity index (χ2v) is 6.48. The van der Waals surface area contributed by atoms with E-state index in [1.807, 2.05) is 20.1 Å². The third-order valence-electron chi connectivity index (χ3n) is 2.71. The number of urea groups is 1. The van der Waals surface area contributed by atoms with Gasteiger partial charge in [0.05, 0.1) is 0 Å². The third-order valence-corrected chi connectivity index (χ3v) is 3.96. The number of hydrogen-bond donors (Lipinski definition) is 4. The van der Waals surface area contributed by atoms with Gasteiger partial charge in [-0.3, -0.25) is 4.79 Å². The van der Waals surface area contributed by atoms with Gasteiger partial charge in [0.1, 0.15) is 6.04 Å². The first-order chi connectivity index (χ1) is 9.18. The highest BCUT2D eigenvalue weighted by Gasteiger charge is 2.22. The van der Waals surface area contributed by atoms with Gasteiger partial charge in [-0.15, -0.1) is 0 Å². The number of aliphatic carboxylic acids is 2. The fraction of sp³-hybridized carbons (Fsp3) is 0.750. The summed E-state index contributed by atoms with van der Waals surface area (Å²) in [5.41, 5.74) is 0. The lowest BCUT2D eigenvalue weighted by Gasteiger charge is -2.23. The minimum absolute atomic E-state index is 0.0843. The molecule has 0 unspecified atom stereocenters. The van der Waals surface area contributed by atoms with Crippen molar-refractivity contribution in [3.63, 3.8) is 0 Å². The fourth-order valence-corrected chi connectivity index (χ4v) is 1.51. The van der Waals surface area contributed by atoms with E-state index in [1.165, 1.54) is 0 Å². The molecular formula is C12H22N2O5S. The van der Waals surface area contributed by atoms with E-state index in [0.29, 0.717) is 6.54 Å². The second-order valence-electron chi connectivity index (χ2n) is 4.97. The normalized spacial score (nSPS) is 12.6. The van der Waals surface area contributed by atoms with Gasteiger partial charge >= 0.3 is 18.0 Å². The van der Waals surface area contributed by atoms with Crippen molar-refractivity contribution < 1.29 is 24.6 Å². The molecule has 0 heterocycles. The number of carbonyl (C=O) groups excluding carboxylic acids is 1. The van der Waals surface area contributed by atoms with E-state index in [1.54, 1.807) is 11.8 Å². The highest BCUT2D eigenvalue weighted by atomic mass is 32.2. The Kier molecular flexibility index (Phi) is 8.05. The number of carbonyl (C=O) groups is 3. The average Bonchev–Trinajstić information content (AvgIpc) is 2.34. The lowest BCUT2D eigenvalue weighted by atomic mass is 10.1. The van der Waals surface area contributed by atoms with Gasteiger partial charge in [0.15, 0.2) is 0 Å². The van der Waals surface area contributed by atoms with Crippen LogP contribution >= 0.6 is 11.8 Å². The largest absolute Gasteiger partial charge is 0.481 e. The zero-order valence-corrected chi connectivity index (χ0v) is 12.7. The zero-order valence-electron chi connectivity index (χ0n) is 11.9. The Labute approximate surface area is 122 Å². The van der Waals surface area contributed by atoms with Gasteiger partial charge in [-0.25, -0.2) is 9.59 Å². The SMILES string of the molecule is CSC(C)(C)CNC(=O)N[C@H](CCCC(=O)O)C(=O)O.